The number of carbonyl (C=O) groups is 4. The number of aryl methyl sites for hydroxylation is 2. The fourth-order valence-corrected chi connectivity index (χ4v) is 4.07. The van der Waals surface area contributed by atoms with Gasteiger partial charge in [-0.15, -0.1) is 0 Å². The molecule has 9 nitrogen and oxygen atoms in total. The van der Waals surface area contributed by atoms with Gasteiger partial charge in [0.1, 0.15) is 24.2 Å². The number of rotatable bonds is 13. The molecule has 0 fully saturated rings. The van der Waals surface area contributed by atoms with Crippen molar-refractivity contribution in [2.45, 2.75) is 98.8 Å². The third-order valence-electron chi connectivity index (χ3n) is 5.91. The van der Waals surface area contributed by atoms with Gasteiger partial charge in [0.25, 0.3) is 0 Å². The zero-order valence-corrected chi connectivity index (χ0v) is 24.6. The molecule has 0 saturated heterocycles. The normalized spacial score (nSPS) is 12.9. The first-order chi connectivity index (χ1) is 17.7. The molecule has 0 radical (unpaired) electrons. The molecule has 0 aromatic heterocycles. The van der Waals surface area contributed by atoms with E-state index in [0.29, 0.717) is 24.9 Å². The highest BCUT2D eigenvalue weighted by Gasteiger charge is 2.37. The van der Waals surface area contributed by atoms with Crippen LogP contribution in [0.15, 0.2) is 18.2 Å². The van der Waals surface area contributed by atoms with E-state index < -0.39 is 35.7 Å². The number of ether oxygens (including phenoxy) is 2. The maximum atomic E-state index is 14.2. The topological polar surface area (TPSA) is 114 Å². The molecule has 3 amide bonds. The van der Waals surface area contributed by atoms with Crippen molar-refractivity contribution < 1.29 is 28.7 Å². The highest BCUT2D eigenvalue weighted by atomic mass is 16.6. The molecule has 2 unspecified atom stereocenters. The molecule has 2 N–H and O–H groups in total. The summed E-state index contributed by atoms with van der Waals surface area (Å²) in [6.45, 7) is 15.0. The molecular formula is C29H47N3O6. The first-order valence-electron chi connectivity index (χ1n) is 13.4. The van der Waals surface area contributed by atoms with E-state index in [2.05, 4.69) is 22.3 Å². The van der Waals surface area contributed by atoms with Gasteiger partial charge in [-0.2, -0.15) is 0 Å². The van der Waals surface area contributed by atoms with E-state index in [4.69, 9.17) is 4.74 Å². The molecular weight excluding hydrogens is 486 g/mol. The molecule has 38 heavy (non-hydrogen) atoms. The number of amides is 3. The minimum absolute atomic E-state index is 0.0867. The number of unbranched alkanes of at least 4 members (excludes halogenated alkanes) is 2. The maximum Gasteiger partial charge on any atom is 0.408 e. The summed E-state index contributed by atoms with van der Waals surface area (Å²) < 4.78 is 10.1. The van der Waals surface area contributed by atoms with E-state index in [-0.39, 0.29) is 18.4 Å². The van der Waals surface area contributed by atoms with Gasteiger partial charge in [-0.3, -0.25) is 14.4 Å². The zero-order valence-electron chi connectivity index (χ0n) is 24.6. The largest absolute Gasteiger partial charge is 0.468 e. The van der Waals surface area contributed by atoms with Crippen LogP contribution in [0.4, 0.5) is 4.79 Å². The Labute approximate surface area is 228 Å². The molecule has 0 spiro atoms. The van der Waals surface area contributed by atoms with Gasteiger partial charge in [0.2, 0.25) is 11.8 Å². The Balaban J connectivity index is 3.57. The Kier molecular flexibility index (Phi) is 13.3. The van der Waals surface area contributed by atoms with Gasteiger partial charge in [0, 0.05) is 6.54 Å². The maximum absolute atomic E-state index is 14.2. The molecule has 0 aliphatic rings. The van der Waals surface area contributed by atoms with Crippen LogP contribution in [-0.4, -0.2) is 60.6 Å². The second-order valence-electron chi connectivity index (χ2n) is 11.1. The van der Waals surface area contributed by atoms with Crippen LogP contribution < -0.4 is 10.6 Å². The first-order valence-corrected chi connectivity index (χ1v) is 13.4. The van der Waals surface area contributed by atoms with Crippen molar-refractivity contribution in [1.82, 2.24) is 15.5 Å². The van der Waals surface area contributed by atoms with Gasteiger partial charge in [-0.05, 0) is 64.5 Å². The lowest BCUT2D eigenvalue weighted by molar-refractivity contribution is -0.145. The van der Waals surface area contributed by atoms with Gasteiger partial charge in [-0.1, -0.05) is 57.4 Å². The van der Waals surface area contributed by atoms with Crippen LogP contribution in [0.25, 0.3) is 0 Å². The van der Waals surface area contributed by atoms with Crippen molar-refractivity contribution in [3.8, 4) is 0 Å². The van der Waals surface area contributed by atoms with Gasteiger partial charge in [-0.25, -0.2) is 4.79 Å². The number of nitrogens with zero attached hydrogens (tertiary/aromatic N) is 1. The summed E-state index contributed by atoms with van der Waals surface area (Å²) >= 11 is 0. The summed E-state index contributed by atoms with van der Waals surface area (Å²) in [6, 6.07) is 3.84. The highest BCUT2D eigenvalue weighted by molar-refractivity contribution is 5.93. The summed E-state index contributed by atoms with van der Waals surface area (Å²) in [6.07, 6.45) is 2.14. The predicted octanol–water partition coefficient (Wildman–Crippen LogP) is 4.59. The van der Waals surface area contributed by atoms with Crippen molar-refractivity contribution in [3.05, 3.63) is 34.9 Å². The lowest BCUT2D eigenvalue weighted by atomic mass is 9.95. The van der Waals surface area contributed by atoms with E-state index >= 15 is 0 Å². The van der Waals surface area contributed by atoms with Crippen LogP contribution in [0.1, 0.15) is 90.0 Å². The van der Waals surface area contributed by atoms with E-state index in [1.165, 1.54) is 12.0 Å². The quantitative estimate of drug-likeness (QED) is 0.283. The number of benzene rings is 1. The predicted molar refractivity (Wildman–Crippen MR) is 148 cm³/mol. The Morgan fingerprint density at radius 2 is 1.71 bits per heavy atom. The van der Waals surface area contributed by atoms with Gasteiger partial charge in [0.15, 0.2) is 0 Å². The van der Waals surface area contributed by atoms with E-state index in [0.717, 1.165) is 24.0 Å². The summed E-state index contributed by atoms with van der Waals surface area (Å²) in [5, 5.41) is 5.38. The van der Waals surface area contributed by atoms with E-state index in [1.54, 1.807) is 20.8 Å². The minimum atomic E-state index is -1.00. The Hall–Kier alpha value is -3.10. The van der Waals surface area contributed by atoms with E-state index in [9.17, 15) is 19.2 Å². The van der Waals surface area contributed by atoms with Crippen LogP contribution in [0.2, 0.25) is 0 Å². The monoisotopic (exact) mass is 533 g/mol. The number of nitrogens with one attached hydrogen (secondary N) is 2. The zero-order chi connectivity index (χ0) is 29.0. The van der Waals surface area contributed by atoms with Gasteiger partial charge >= 0.3 is 12.1 Å². The summed E-state index contributed by atoms with van der Waals surface area (Å²) in [5.41, 5.74) is 1.70. The number of esters is 1. The highest BCUT2D eigenvalue weighted by Crippen LogP contribution is 2.28. The Morgan fingerprint density at radius 3 is 2.26 bits per heavy atom. The van der Waals surface area contributed by atoms with Crippen LogP contribution in [-0.2, 0) is 23.9 Å². The van der Waals surface area contributed by atoms with Gasteiger partial charge in [0.05, 0.1) is 7.11 Å². The van der Waals surface area contributed by atoms with Crippen LogP contribution in [0.5, 0.6) is 0 Å². The smallest absolute Gasteiger partial charge is 0.408 e. The molecule has 0 aliphatic carbocycles. The third kappa shape index (κ3) is 11.1. The SMILES string of the molecule is CCCCCN(C(=O)C(CC(C)C)NC(=O)OC(C)(C)C)C(C(=O)NCC(=O)OC)c1cc(C)ccc1C. The molecule has 1 rings (SSSR count). The standard InChI is InChI=1S/C29H47N3O6/c1-10-11-12-15-32(27(35)23(16-19(2)3)31-28(36)38-29(6,7)8)25(26(34)30-18-24(33)37-9)22-17-20(4)13-14-21(22)5/h13-14,17,19,23,25H,10-12,15-16,18H2,1-9H3,(H,30,34)(H,31,36). The Morgan fingerprint density at radius 1 is 1.05 bits per heavy atom. The molecule has 1 aromatic rings. The average Bonchev–Trinajstić information content (AvgIpc) is 2.81. The number of alkyl carbamates (subject to hydrolysis) is 1. The van der Waals surface area contributed by atoms with Crippen molar-refractivity contribution in [2.75, 3.05) is 20.2 Å². The van der Waals surface area contributed by atoms with Crippen LogP contribution in [0.3, 0.4) is 0 Å². The van der Waals surface area contributed by atoms with Crippen LogP contribution in [0, 0.1) is 19.8 Å². The number of hydrogen-bond acceptors (Lipinski definition) is 6. The minimum Gasteiger partial charge on any atom is -0.468 e. The number of carbonyl (C=O) groups excluding carboxylic acids is 4. The first kappa shape index (κ1) is 32.9. The molecule has 2 atom stereocenters. The number of methoxy groups -OCH3 is 1. The molecule has 1 aromatic carbocycles. The number of hydrogen-bond donors (Lipinski definition) is 2. The van der Waals surface area contributed by atoms with Crippen molar-refractivity contribution >= 4 is 23.9 Å². The summed E-state index contributed by atoms with van der Waals surface area (Å²) in [5.74, 6) is -1.37. The third-order valence-corrected chi connectivity index (χ3v) is 5.91. The summed E-state index contributed by atoms with van der Waals surface area (Å²) in [4.78, 5) is 53.8. The summed E-state index contributed by atoms with van der Waals surface area (Å²) in [7, 11) is 1.25. The molecule has 9 heteroatoms. The molecule has 0 aliphatic heterocycles. The molecule has 214 valence electrons. The van der Waals surface area contributed by atoms with Crippen LogP contribution >= 0.6 is 0 Å². The molecule has 0 heterocycles. The fraction of sp³-hybridized carbons (Fsp3) is 0.655. The van der Waals surface area contributed by atoms with Crippen molar-refractivity contribution in [2.24, 2.45) is 5.92 Å². The average molecular weight is 534 g/mol. The fourth-order valence-electron chi connectivity index (χ4n) is 4.07. The lowest BCUT2D eigenvalue weighted by Crippen LogP contribution is -2.54. The van der Waals surface area contributed by atoms with E-state index in [1.807, 2.05) is 45.9 Å². The Bertz CT molecular complexity index is 954. The molecule has 0 bridgehead atoms. The molecule has 0 saturated carbocycles. The van der Waals surface area contributed by atoms with Crippen molar-refractivity contribution in [1.29, 1.82) is 0 Å². The van der Waals surface area contributed by atoms with Gasteiger partial charge < -0.3 is 25.0 Å². The lowest BCUT2D eigenvalue weighted by Gasteiger charge is -2.35. The second-order valence-corrected chi connectivity index (χ2v) is 11.1. The second kappa shape index (κ2) is 15.3. The van der Waals surface area contributed by atoms with Crippen molar-refractivity contribution in [3.63, 3.8) is 0 Å².